The van der Waals surface area contributed by atoms with E-state index >= 15 is 0 Å². The lowest BCUT2D eigenvalue weighted by Crippen LogP contribution is -2.24. The minimum atomic E-state index is -0.635. The van der Waals surface area contributed by atoms with Crippen molar-refractivity contribution in [1.82, 2.24) is 0 Å². The molecule has 0 spiro atoms. The summed E-state index contributed by atoms with van der Waals surface area (Å²) in [7, 11) is 0. The van der Waals surface area contributed by atoms with Crippen molar-refractivity contribution in [3.63, 3.8) is 0 Å². The summed E-state index contributed by atoms with van der Waals surface area (Å²) in [6, 6.07) is 0. The van der Waals surface area contributed by atoms with Crippen molar-refractivity contribution in [2.75, 3.05) is 0 Å². The lowest BCUT2D eigenvalue weighted by Gasteiger charge is -2.13. The molecule has 0 saturated heterocycles. The Morgan fingerprint density at radius 1 is 1.70 bits per heavy atom. The molecular formula is C7H12O3. The molecule has 1 N–H and O–H groups in total. The number of carbonyl (C=O) groups is 1. The molecule has 0 aliphatic heterocycles. The third-order valence-corrected chi connectivity index (χ3v) is 1.15. The van der Waals surface area contributed by atoms with Crippen LogP contribution >= 0.6 is 0 Å². The third-order valence-electron chi connectivity index (χ3n) is 1.15. The van der Waals surface area contributed by atoms with Gasteiger partial charge in [0.2, 0.25) is 0 Å². The highest BCUT2D eigenvalue weighted by Crippen LogP contribution is 1.97. The summed E-state index contributed by atoms with van der Waals surface area (Å²) in [5.74, 6) is -0.506. The molecule has 2 atom stereocenters. The maximum Gasteiger partial charge on any atom is 0.330 e. The van der Waals surface area contributed by atoms with Crippen LogP contribution in [0.25, 0.3) is 0 Å². The van der Waals surface area contributed by atoms with E-state index in [1.165, 1.54) is 0 Å². The molecule has 0 aliphatic carbocycles. The monoisotopic (exact) mass is 144 g/mol. The normalized spacial score (nSPS) is 15.5. The second-order valence-corrected chi connectivity index (χ2v) is 2.09. The van der Waals surface area contributed by atoms with Crippen LogP contribution in [0.15, 0.2) is 12.7 Å². The molecular weight excluding hydrogens is 132 g/mol. The van der Waals surface area contributed by atoms with Crippen molar-refractivity contribution in [3.05, 3.63) is 12.7 Å². The maximum absolute atomic E-state index is 10.5. The molecule has 0 rings (SSSR count). The van der Waals surface area contributed by atoms with Crippen LogP contribution < -0.4 is 0 Å². The Balaban J connectivity index is 3.67. The zero-order valence-electron chi connectivity index (χ0n) is 6.20. The molecule has 0 saturated carbocycles. The molecule has 3 nitrogen and oxygen atoms in total. The Morgan fingerprint density at radius 3 is 2.50 bits per heavy atom. The SMILES string of the molecule is C=CC(=O)OC(C)C(C)O. The molecule has 0 bridgehead atoms. The first kappa shape index (κ1) is 9.17. The summed E-state index contributed by atoms with van der Waals surface area (Å²) < 4.78 is 4.65. The van der Waals surface area contributed by atoms with E-state index < -0.39 is 18.2 Å². The van der Waals surface area contributed by atoms with Gasteiger partial charge in [-0.2, -0.15) is 0 Å². The van der Waals surface area contributed by atoms with E-state index in [-0.39, 0.29) is 0 Å². The Hall–Kier alpha value is -0.830. The number of aliphatic hydroxyl groups is 1. The summed E-state index contributed by atoms with van der Waals surface area (Å²) in [5.41, 5.74) is 0. The Bertz CT molecular complexity index is 129. The van der Waals surface area contributed by atoms with Crippen molar-refractivity contribution in [1.29, 1.82) is 0 Å². The van der Waals surface area contributed by atoms with E-state index in [1.54, 1.807) is 13.8 Å². The number of rotatable bonds is 3. The van der Waals surface area contributed by atoms with Gasteiger partial charge in [-0.25, -0.2) is 4.79 Å². The maximum atomic E-state index is 10.5. The molecule has 58 valence electrons. The van der Waals surface area contributed by atoms with Crippen molar-refractivity contribution in [3.8, 4) is 0 Å². The number of aliphatic hydroxyl groups excluding tert-OH is 1. The van der Waals surface area contributed by atoms with Gasteiger partial charge in [-0.3, -0.25) is 0 Å². The van der Waals surface area contributed by atoms with E-state index in [2.05, 4.69) is 11.3 Å². The van der Waals surface area contributed by atoms with Gasteiger partial charge in [0.05, 0.1) is 6.10 Å². The second kappa shape index (κ2) is 4.06. The van der Waals surface area contributed by atoms with Gasteiger partial charge in [0, 0.05) is 6.08 Å². The minimum Gasteiger partial charge on any atom is -0.457 e. The van der Waals surface area contributed by atoms with Gasteiger partial charge in [-0.1, -0.05) is 6.58 Å². The van der Waals surface area contributed by atoms with Crippen molar-refractivity contribution in [2.24, 2.45) is 0 Å². The van der Waals surface area contributed by atoms with Gasteiger partial charge in [0.15, 0.2) is 0 Å². The molecule has 0 fully saturated rings. The van der Waals surface area contributed by atoms with Gasteiger partial charge < -0.3 is 9.84 Å². The molecule has 0 aliphatic rings. The molecule has 0 aromatic heterocycles. The summed E-state index contributed by atoms with van der Waals surface area (Å²) in [4.78, 5) is 10.5. The molecule has 3 heteroatoms. The first-order valence-electron chi connectivity index (χ1n) is 3.09. The lowest BCUT2D eigenvalue weighted by atomic mass is 10.3. The van der Waals surface area contributed by atoms with E-state index in [0.717, 1.165) is 6.08 Å². The summed E-state index contributed by atoms with van der Waals surface area (Å²) in [5, 5.41) is 8.85. The van der Waals surface area contributed by atoms with Crippen LogP contribution in [0.4, 0.5) is 0 Å². The molecule has 0 aromatic carbocycles. The molecule has 0 radical (unpaired) electrons. The fraction of sp³-hybridized carbons (Fsp3) is 0.571. The van der Waals surface area contributed by atoms with Gasteiger partial charge >= 0.3 is 5.97 Å². The van der Waals surface area contributed by atoms with E-state index in [9.17, 15) is 4.79 Å². The standard InChI is InChI=1S/C7H12O3/c1-4-7(9)10-6(3)5(2)8/h4-6,8H,1H2,2-3H3. The number of carbonyl (C=O) groups excluding carboxylic acids is 1. The first-order valence-corrected chi connectivity index (χ1v) is 3.09. The molecule has 0 heterocycles. The summed E-state index contributed by atoms with van der Waals surface area (Å²) >= 11 is 0. The number of hydrogen-bond acceptors (Lipinski definition) is 3. The second-order valence-electron chi connectivity index (χ2n) is 2.09. The largest absolute Gasteiger partial charge is 0.457 e. The molecule has 0 amide bonds. The van der Waals surface area contributed by atoms with Gasteiger partial charge in [0.25, 0.3) is 0 Å². The van der Waals surface area contributed by atoms with Crippen LogP contribution in [0.5, 0.6) is 0 Å². The molecule has 0 aromatic rings. The Labute approximate surface area is 60.3 Å². The fourth-order valence-electron chi connectivity index (χ4n) is 0.330. The lowest BCUT2D eigenvalue weighted by molar-refractivity contribution is -0.146. The molecule has 10 heavy (non-hydrogen) atoms. The quantitative estimate of drug-likeness (QED) is 0.463. The number of hydrogen-bond donors (Lipinski definition) is 1. The average Bonchev–Trinajstić information content (AvgIpc) is 1.87. The topological polar surface area (TPSA) is 46.5 Å². The highest BCUT2D eigenvalue weighted by Gasteiger charge is 2.11. The fourth-order valence-corrected chi connectivity index (χ4v) is 0.330. The summed E-state index contributed by atoms with van der Waals surface area (Å²) in [6.45, 7) is 6.39. The zero-order chi connectivity index (χ0) is 8.15. The highest BCUT2D eigenvalue weighted by molar-refractivity contribution is 5.81. The third kappa shape index (κ3) is 3.25. The number of ether oxygens (including phenoxy) is 1. The van der Waals surface area contributed by atoms with Gasteiger partial charge in [-0.05, 0) is 13.8 Å². The van der Waals surface area contributed by atoms with Crippen molar-refractivity contribution >= 4 is 5.97 Å². The van der Waals surface area contributed by atoms with Crippen LogP contribution in [-0.4, -0.2) is 23.3 Å². The summed E-state index contributed by atoms with van der Waals surface area (Å²) in [6.07, 6.45) is -0.0341. The van der Waals surface area contributed by atoms with Crippen LogP contribution in [-0.2, 0) is 9.53 Å². The van der Waals surface area contributed by atoms with Crippen LogP contribution in [0.2, 0.25) is 0 Å². The average molecular weight is 144 g/mol. The van der Waals surface area contributed by atoms with Crippen molar-refractivity contribution < 1.29 is 14.6 Å². The zero-order valence-corrected chi connectivity index (χ0v) is 6.20. The highest BCUT2D eigenvalue weighted by atomic mass is 16.6. The van der Waals surface area contributed by atoms with E-state index in [0.29, 0.717) is 0 Å². The predicted octanol–water partition coefficient (Wildman–Crippen LogP) is 0.485. The number of esters is 1. The van der Waals surface area contributed by atoms with Crippen LogP contribution in [0, 0.1) is 0 Å². The Morgan fingerprint density at radius 2 is 2.20 bits per heavy atom. The van der Waals surface area contributed by atoms with Crippen molar-refractivity contribution in [2.45, 2.75) is 26.1 Å². The minimum absolute atomic E-state index is 0.467. The van der Waals surface area contributed by atoms with E-state index in [1.807, 2.05) is 0 Å². The van der Waals surface area contributed by atoms with Crippen LogP contribution in [0.3, 0.4) is 0 Å². The smallest absolute Gasteiger partial charge is 0.330 e. The van der Waals surface area contributed by atoms with Gasteiger partial charge in [0.1, 0.15) is 6.10 Å². The first-order chi connectivity index (χ1) is 4.57. The molecule has 2 unspecified atom stereocenters. The van der Waals surface area contributed by atoms with Crippen LogP contribution in [0.1, 0.15) is 13.8 Å². The van der Waals surface area contributed by atoms with E-state index in [4.69, 9.17) is 5.11 Å². The van der Waals surface area contributed by atoms with Gasteiger partial charge in [-0.15, -0.1) is 0 Å². The Kier molecular flexibility index (Phi) is 3.72. The predicted molar refractivity (Wildman–Crippen MR) is 37.4 cm³/mol.